The first-order chi connectivity index (χ1) is 9.88. The number of aliphatic imine (C=N–C) groups is 1. The summed E-state index contributed by atoms with van der Waals surface area (Å²) in [6.07, 6.45) is 4.35. The molecule has 3 aromatic heterocycles. The highest BCUT2D eigenvalue weighted by Gasteiger charge is 2.16. The van der Waals surface area contributed by atoms with Crippen molar-refractivity contribution >= 4 is 43.5 Å². The van der Waals surface area contributed by atoms with E-state index in [0.29, 0.717) is 0 Å². The molecule has 20 heavy (non-hydrogen) atoms. The molecule has 0 bridgehead atoms. The number of aromatic nitrogens is 4. The van der Waals surface area contributed by atoms with E-state index in [1.165, 1.54) is 0 Å². The van der Waals surface area contributed by atoms with Crippen molar-refractivity contribution < 1.29 is 0 Å². The molecule has 5 nitrogen and oxygen atoms in total. The zero-order valence-corrected chi connectivity index (χ0v) is 11.9. The van der Waals surface area contributed by atoms with Crippen molar-refractivity contribution in [3.05, 3.63) is 42.4 Å². The SMILES string of the molecule is c1cnc2c(c1)N=C(SSc1nc3ncccc3[nH]1)C2. The number of nitrogens with zero attached hydrogens (tertiary/aromatic N) is 4. The number of nitrogens with one attached hydrogen (secondary N) is 1. The predicted molar refractivity (Wildman–Crippen MR) is 82.4 cm³/mol. The van der Waals surface area contributed by atoms with Gasteiger partial charge in [-0.1, -0.05) is 0 Å². The molecule has 1 aliphatic rings. The molecule has 98 valence electrons. The summed E-state index contributed by atoms with van der Waals surface area (Å²) < 4.78 is 0. The molecule has 4 rings (SSSR count). The van der Waals surface area contributed by atoms with Gasteiger partial charge in [-0.2, -0.15) is 0 Å². The molecule has 0 unspecified atom stereocenters. The summed E-state index contributed by atoms with van der Waals surface area (Å²) in [4.78, 5) is 20.8. The monoisotopic (exact) mass is 299 g/mol. The Hall–Kier alpha value is -1.86. The molecule has 0 aliphatic carbocycles. The molecule has 4 heterocycles. The topological polar surface area (TPSA) is 66.8 Å². The molecule has 1 aliphatic heterocycles. The second-order valence-corrected chi connectivity index (χ2v) is 6.43. The van der Waals surface area contributed by atoms with Crippen LogP contribution in [0, 0.1) is 0 Å². The second-order valence-electron chi connectivity index (χ2n) is 4.23. The van der Waals surface area contributed by atoms with E-state index in [1.807, 2.05) is 24.3 Å². The van der Waals surface area contributed by atoms with Gasteiger partial charge >= 0.3 is 0 Å². The Morgan fingerprint density at radius 2 is 1.95 bits per heavy atom. The first-order valence-corrected chi connectivity index (χ1v) is 8.20. The molecule has 0 atom stereocenters. The van der Waals surface area contributed by atoms with Gasteiger partial charge in [0.15, 0.2) is 10.8 Å². The van der Waals surface area contributed by atoms with Crippen LogP contribution in [0.4, 0.5) is 5.69 Å². The van der Waals surface area contributed by atoms with E-state index >= 15 is 0 Å². The maximum absolute atomic E-state index is 4.56. The molecule has 0 saturated heterocycles. The van der Waals surface area contributed by atoms with Crippen LogP contribution in [0.15, 0.2) is 46.8 Å². The molecule has 0 radical (unpaired) electrons. The quantitative estimate of drug-likeness (QED) is 0.735. The van der Waals surface area contributed by atoms with Crippen molar-refractivity contribution in [1.29, 1.82) is 0 Å². The lowest BCUT2D eigenvalue weighted by molar-refractivity contribution is 1.08. The molecular weight excluding hydrogens is 290 g/mol. The van der Waals surface area contributed by atoms with Crippen molar-refractivity contribution in [3.63, 3.8) is 0 Å². The number of hydrogen-bond donors (Lipinski definition) is 1. The third-order valence-electron chi connectivity index (χ3n) is 2.88. The van der Waals surface area contributed by atoms with Crippen LogP contribution in [0.1, 0.15) is 5.69 Å². The lowest BCUT2D eigenvalue weighted by atomic mass is 10.3. The van der Waals surface area contributed by atoms with E-state index in [0.717, 1.165) is 39.2 Å². The third-order valence-corrected chi connectivity index (χ3v) is 5.05. The standard InChI is InChI=1S/C13H9N5S2/c1-3-8-10(14-5-1)7-11(16-8)19-20-13-17-9-4-2-6-15-12(9)18-13/h1-6H,7H2,(H,15,17,18). The summed E-state index contributed by atoms with van der Waals surface area (Å²) in [6, 6.07) is 7.77. The van der Waals surface area contributed by atoms with Gasteiger partial charge in [0, 0.05) is 18.8 Å². The second kappa shape index (κ2) is 4.92. The zero-order chi connectivity index (χ0) is 13.4. The summed E-state index contributed by atoms with van der Waals surface area (Å²) in [5.41, 5.74) is 3.71. The normalized spacial score (nSPS) is 13.5. The number of hydrogen-bond acceptors (Lipinski definition) is 6. The minimum absolute atomic E-state index is 0.744. The van der Waals surface area contributed by atoms with Crippen molar-refractivity contribution in [3.8, 4) is 0 Å². The minimum Gasteiger partial charge on any atom is -0.331 e. The van der Waals surface area contributed by atoms with Gasteiger partial charge in [-0.25, -0.2) is 15.0 Å². The molecular formula is C13H9N5S2. The van der Waals surface area contributed by atoms with Gasteiger partial charge in [-0.15, -0.1) is 0 Å². The maximum atomic E-state index is 4.56. The summed E-state index contributed by atoms with van der Waals surface area (Å²) in [5, 5.41) is 1.90. The number of pyridine rings is 2. The fraction of sp³-hybridized carbons (Fsp3) is 0.0769. The Morgan fingerprint density at radius 3 is 2.85 bits per heavy atom. The first kappa shape index (κ1) is 11.9. The number of rotatable bonds is 2. The van der Waals surface area contributed by atoms with E-state index in [-0.39, 0.29) is 0 Å². The van der Waals surface area contributed by atoms with E-state index < -0.39 is 0 Å². The van der Waals surface area contributed by atoms with Crippen molar-refractivity contribution in [1.82, 2.24) is 19.9 Å². The number of H-pyrrole nitrogens is 1. The Morgan fingerprint density at radius 1 is 1.05 bits per heavy atom. The smallest absolute Gasteiger partial charge is 0.179 e. The average Bonchev–Trinajstić information content (AvgIpc) is 3.07. The average molecular weight is 299 g/mol. The van der Waals surface area contributed by atoms with Crippen molar-refractivity contribution in [2.75, 3.05) is 0 Å². The van der Waals surface area contributed by atoms with E-state index in [1.54, 1.807) is 34.0 Å². The van der Waals surface area contributed by atoms with Crippen LogP contribution >= 0.6 is 21.6 Å². The molecule has 0 aromatic carbocycles. The molecule has 1 N–H and O–H groups in total. The van der Waals surface area contributed by atoms with Crippen LogP contribution < -0.4 is 0 Å². The summed E-state index contributed by atoms with van der Waals surface area (Å²) in [6.45, 7) is 0. The van der Waals surface area contributed by atoms with Gasteiger partial charge in [-0.05, 0) is 45.9 Å². The van der Waals surface area contributed by atoms with Gasteiger partial charge in [0.05, 0.1) is 21.9 Å². The van der Waals surface area contributed by atoms with Crippen LogP contribution in [0.3, 0.4) is 0 Å². The van der Waals surface area contributed by atoms with Gasteiger partial charge in [0.25, 0.3) is 0 Å². The third kappa shape index (κ3) is 2.19. The molecule has 0 fully saturated rings. The summed E-state index contributed by atoms with van der Waals surface area (Å²) >= 11 is 0. The highest BCUT2D eigenvalue weighted by atomic mass is 33.1. The Balaban J connectivity index is 1.49. The maximum Gasteiger partial charge on any atom is 0.179 e. The van der Waals surface area contributed by atoms with Gasteiger partial charge in [-0.3, -0.25) is 4.98 Å². The predicted octanol–water partition coefficient (Wildman–Crippen LogP) is 3.38. The molecule has 3 aromatic rings. The van der Waals surface area contributed by atoms with E-state index in [4.69, 9.17) is 0 Å². The first-order valence-electron chi connectivity index (χ1n) is 6.05. The summed E-state index contributed by atoms with van der Waals surface area (Å²) in [7, 11) is 3.18. The number of imidazole rings is 1. The molecule has 0 spiro atoms. The Bertz CT molecular complexity index is 778. The lowest BCUT2D eigenvalue weighted by Gasteiger charge is -1.95. The van der Waals surface area contributed by atoms with Crippen LogP contribution in [0.2, 0.25) is 0 Å². The van der Waals surface area contributed by atoms with Gasteiger partial charge < -0.3 is 4.98 Å². The fourth-order valence-electron chi connectivity index (χ4n) is 1.98. The summed E-state index contributed by atoms with van der Waals surface area (Å²) in [5.74, 6) is 0. The fourth-order valence-corrected chi connectivity index (χ4v) is 3.82. The number of aromatic amines is 1. The highest BCUT2D eigenvalue weighted by molar-refractivity contribution is 8.82. The Kier molecular flexibility index (Phi) is 2.93. The lowest BCUT2D eigenvalue weighted by Crippen LogP contribution is -1.91. The van der Waals surface area contributed by atoms with Crippen LogP contribution in [-0.4, -0.2) is 25.0 Å². The number of fused-ring (bicyclic) bond motifs is 2. The minimum atomic E-state index is 0.744. The van der Waals surface area contributed by atoms with Gasteiger partial charge in [0.1, 0.15) is 0 Å². The van der Waals surface area contributed by atoms with Crippen molar-refractivity contribution in [2.45, 2.75) is 11.6 Å². The molecule has 7 heteroatoms. The van der Waals surface area contributed by atoms with Crippen LogP contribution in [-0.2, 0) is 6.42 Å². The van der Waals surface area contributed by atoms with E-state index in [2.05, 4.69) is 24.9 Å². The van der Waals surface area contributed by atoms with E-state index in [9.17, 15) is 0 Å². The van der Waals surface area contributed by atoms with Crippen LogP contribution in [0.5, 0.6) is 0 Å². The highest BCUT2D eigenvalue weighted by Crippen LogP contribution is 2.36. The van der Waals surface area contributed by atoms with Crippen LogP contribution in [0.25, 0.3) is 11.2 Å². The zero-order valence-electron chi connectivity index (χ0n) is 10.3. The Labute approximate surface area is 122 Å². The molecule has 0 saturated carbocycles. The van der Waals surface area contributed by atoms with Crippen molar-refractivity contribution in [2.24, 2.45) is 4.99 Å². The van der Waals surface area contributed by atoms with Gasteiger partial charge in [0.2, 0.25) is 0 Å². The molecule has 0 amide bonds. The largest absolute Gasteiger partial charge is 0.331 e.